The van der Waals surface area contributed by atoms with E-state index in [1.54, 1.807) is 6.92 Å². The lowest BCUT2D eigenvalue weighted by Gasteiger charge is -2.08. The Morgan fingerprint density at radius 2 is 1.67 bits per heavy atom. The topological polar surface area (TPSA) is 22.0 Å². The van der Waals surface area contributed by atoms with Gasteiger partial charge in [-0.3, -0.25) is 0 Å². The summed E-state index contributed by atoms with van der Waals surface area (Å²) >= 11 is 0. The van der Waals surface area contributed by atoms with E-state index in [0.717, 1.165) is 6.42 Å². The van der Waals surface area contributed by atoms with Crippen LogP contribution in [0.1, 0.15) is 18.9 Å². The predicted octanol–water partition coefficient (Wildman–Crippen LogP) is 4.37. The number of hydrogen-bond donors (Lipinski definition) is 0. The van der Waals surface area contributed by atoms with Gasteiger partial charge in [0.15, 0.2) is 0 Å². The number of hydrogen-bond acceptors (Lipinski definition) is 1. The number of aromatic nitrogens is 1. The first-order chi connectivity index (χ1) is 10.2. The fourth-order valence-corrected chi connectivity index (χ4v) is 2.99. The van der Waals surface area contributed by atoms with E-state index in [2.05, 4.69) is 60.1 Å². The minimum Gasteiger partial charge on any atom is -0.343 e. The molecule has 0 saturated heterocycles. The molecular formula is C19H19NO. The normalized spacial score (nSPS) is 11.0. The largest absolute Gasteiger partial charge is 0.343 e. The van der Waals surface area contributed by atoms with E-state index in [0.29, 0.717) is 6.42 Å². The second-order valence-corrected chi connectivity index (χ2v) is 5.47. The fourth-order valence-electron chi connectivity index (χ4n) is 2.99. The number of para-hydroxylation sites is 1. The molecule has 106 valence electrons. The second-order valence-electron chi connectivity index (χ2n) is 5.47. The summed E-state index contributed by atoms with van der Waals surface area (Å²) in [7, 11) is 2.10. The third-order valence-electron chi connectivity index (χ3n) is 3.99. The maximum atomic E-state index is 11.4. The minimum absolute atomic E-state index is 0.238. The number of ketones is 1. The monoisotopic (exact) mass is 277 g/mol. The second kappa shape index (κ2) is 5.57. The number of carbonyl (C=O) groups is 1. The van der Waals surface area contributed by atoms with Gasteiger partial charge in [0.25, 0.3) is 0 Å². The van der Waals surface area contributed by atoms with Crippen molar-refractivity contribution in [2.24, 2.45) is 7.05 Å². The Bertz CT molecular complexity index is 784. The van der Waals surface area contributed by atoms with Crippen molar-refractivity contribution >= 4 is 16.7 Å². The van der Waals surface area contributed by atoms with Crippen molar-refractivity contribution in [2.75, 3.05) is 0 Å². The summed E-state index contributed by atoms with van der Waals surface area (Å²) in [6, 6.07) is 18.8. The predicted molar refractivity (Wildman–Crippen MR) is 87.4 cm³/mol. The first-order valence-electron chi connectivity index (χ1n) is 7.29. The average molecular weight is 277 g/mol. The van der Waals surface area contributed by atoms with E-state index >= 15 is 0 Å². The Morgan fingerprint density at radius 3 is 2.38 bits per heavy atom. The molecule has 0 bridgehead atoms. The molecule has 0 N–H and O–H groups in total. The highest BCUT2D eigenvalue weighted by Crippen LogP contribution is 2.33. The average Bonchev–Trinajstić information content (AvgIpc) is 2.79. The standard InChI is InChI=1S/C19H19NO/c1-14(21)12-13-17-16-10-6-7-11-18(16)20(2)19(17)15-8-4-3-5-9-15/h3-11H,12-13H2,1-2H3. The molecule has 0 aliphatic heterocycles. The van der Waals surface area contributed by atoms with Crippen LogP contribution in [-0.4, -0.2) is 10.4 Å². The van der Waals surface area contributed by atoms with Crippen molar-refractivity contribution in [1.82, 2.24) is 4.57 Å². The van der Waals surface area contributed by atoms with Gasteiger partial charge in [0, 0.05) is 24.4 Å². The quantitative estimate of drug-likeness (QED) is 0.694. The molecule has 3 aromatic rings. The van der Waals surface area contributed by atoms with Crippen molar-refractivity contribution in [3.63, 3.8) is 0 Å². The van der Waals surface area contributed by atoms with Crippen LogP contribution < -0.4 is 0 Å². The molecule has 1 heterocycles. The van der Waals surface area contributed by atoms with E-state index < -0.39 is 0 Å². The third kappa shape index (κ3) is 2.49. The highest BCUT2D eigenvalue weighted by Gasteiger charge is 2.16. The molecule has 0 radical (unpaired) electrons. The molecule has 0 unspecified atom stereocenters. The smallest absolute Gasteiger partial charge is 0.130 e. The van der Waals surface area contributed by atoms with E-state index in [-0.39, 0.29) is 5.78 Å². The van der Waals surface area contributed by atoms with E-state index in [1.807, 2.05) is 6.07 Å². The van der Waals surface area contributed by atoms with Gasteiger partial charge >= 0.3 is 0 Å². The van der Waals surface area contributed by atoms with Crippen molar-refractivity contribution in [3.05, 3.63) is 60.2 Å². The number of carbonyl (C=O) groups excluding carboxylic acids is 1. The maximum absolute atomic E-state index is 11.4. The van der Waals surface area contributed by atoms with Gasteiger partial charge in [0.2, 0.25) is 0 Å². The lowest BCUT2D eigenvalue weighted by Crippen LogP contribution is -1.97. The van der Waals surface area contributed by atoms with Crippen LogP contribution in [-0.2, 0) is 18.3 Å². The Balaban J connectivity index is 2.23. The number of benzene rings is 2. The number of rotatable bonds is 4. The Labute approximate surface area is 125 Å². The molecule has 0 saturated carbocycles. The van der Waals surface area contributed by atoms with Crippen LogP contribution >= 0.6 is 0 Å². The summed E-state index contributed by atoms with van der Waals surface area (Å²) in [5.74, 6) is 0.238. The molecule has 21 heavy (non-hydrogen) atoms. The van der Waals surface area contributed by atoms with Crippen LogP contribution in [0.5, 0.6) is 0 Å². The molecule has 2 heteroatoms. The lowest BCUT2D eigenvalue weighted by molar-refractivity contribution is -0.116. The number of nitrogens with zero attached hydrogens (tertiary/aromatic N) is 1. The summed E-state index contributed by atoms with van der Waals surface area (Å²) in [6.45, 7) is 1.66. The van der Waals surface area contributed by atoms with Crippen molar-refractivity contribution in [1.29, 1.82) is 0 Å². The molecule has 0 spiro atoms. The molecule has 0 fully saturated rings. The summed E-state index contributed by atoms with van der Waals surface area (Å²) in [4.78, 5) is 11.4. The van der Waals surface area contributed by atoms with Crippen LogP contribution in [0.3, 0.4) is 0 Å². The minimum atomic E-state index is 0.238. The zero-order valence-electron chi connectivity index (χ0n) is 12.5. The molecule has 3 rings (SSSR count). The molecule has 2 nitrogen and oxygen atoms in total. The highest BCUT2D eigenvalue weighted by atomic mass is 16.1. The van der Waals surface area contributed by atoms with Gasteiger partial charge < -0.3 is 9.36 Å². The molecule has 1 aromatic heterocycles. The Hall–Kier alpha value is -2.35. The van der Waals surface area contributed by atoms with Crippen molar-refractivity contribution in [3.8, 4) is 11.3 Å². The summed E-state index contributed by atoms with van der Waals surface area (Å²) < 4.78 is 2.24. The molecule has 0 aliphatic carbocycles. The Morgan fingerprint density at radius 1 is 1.00 bits per heavy atom. The van der Waals surface area contributed by atoms with Crippen LogP contribution in [0.25, 0.3) is 22.2 Å². The zero-order chi connectivity index (χ0) is 14.8. The lowest BCUT2D eigenvalue weighted by atomic mass is 10.0. The highest BCUT2D eigenvalue weighted by molar-refractivity contribution is 5.92. The van der Waals surface area contributed by atoms with Gasteiger partial charge in [-0.25, -0.2) is 0 Å². The van der Waals surface area contributed by atoms with Crippen LogP contribution in [0, 0.1) is 0 Å². The number of fused-ring (bicyclic) bond motifs is 1. The molecular weight excluding hydrogens is 258 g/mol. The van der Waals surface area contributed by atoms with Gasteiger partial charge in [0.05, 0.1) is 5.69 Å². The van der Waals surface area contributed by atoms with Crippen molar-refractivity contribution < 1.29 is 4.79 Å². The third-order valence-corrected chi connectivity index (χ3v) is 3.99. The van der Waals surface area contributed by atoms with E-state index in [9.17, 15) is 4.79 Å². The number of Topliss-reactive ketones (excluding diaryl/α,β-unsaturated/α-hetero) is 1. The van der Waals surface area contributed by atoms with Gasteiger partial charge in [-0.2, -0.15) is 0 Å². The van der Waals surface area contributed by atoms with E-state index in [4.69, 9.17) is 0 Å². The first-order valence-corrected chi connectivity index (χ1v) is 7.29. The van der Waals surface area contributed by atoms with Crippen LogP contribution in [0.4, 0.5) is 0 Å². The SMILES string of the molecule is CC(=O)CCc1c(-c2ccccc2)n(C)c2ccccc12. The Kier molecular flexibility index (Phi) is 3.61. The number of aryl methyl sites for hydroxylation is 2. The molecule has 0 atom stereocenters. The van der Waals surface area contributed by atoms with Gasteiger partial charge in [-0.15, -0.1) is 0 Å². The summed E-state index contributed by atoms with van der Waals surface area (Å²) in [5, 5.41) is 1.25. The van der Waals surface area contributed by atoms with Gasteiger partial charge in [0.1, 0.15) is 5.78 Å². The molecule has 0 amide bonds. The van der Waals surface area contributed by atoms with Gasteiger partial charge in [-0.1, -0.05) is 48.5 Å². The van der Waals surface area contributed by atoms with Crippen LogP contribution in [0.15, 0.2) is 54.6 Å². The zero-order valence-corrected chi connectivity index (χ0v) is 12.5. The first kappa shape index (κ1) is 13.6. The van der Waals surface area contributed by atoms with Gasteiger partial charge in [-0.05, 0) is 30.5 Å². The van der Waals surface area contributed by atoms with Crippen LogP contribution in [0.2, 0.25) is 0 Å². The fraction of sp³-hybridized carbons (Fsp3) is 0.211. The maximum Gasteiger partial charge on any atom is 0.130 e. The summed E-state index contributed by atoms with van der Waals surface area (Å²) in [5.41, 5.74) is 4.91. The van der Waals surface area contributed by atoms with E-state index in [1.165, 1.54) is 27.7 Å². The van der Waals surface area contributed by atoms with Crippen molar-refractivity contribution in [2.45, 2.75) is 19.8 Å². The molecule has 0 aliphatic rings. The molecule has 2 aromatic carbocycles. The summed E-state index contributed by atoms with van der Waals surface area (Å²) in [6.07, 6.45) is 1.38.